The van der Waals surface area contributed by atoms with Crippen LogP contribution in [0.25, 0.3) is 11.2 Å². The Hall–Kier alpha value is -3.44. The number of hydrazine groups is 1. The second-order valence-electron chi connectivity index (χ2n) is 9.50. The highest BCUT2D eigenvalue weighted by atomic mass is 16.6. The highest BCUT2D eigenvalue weighted by Gasteiger charge is 2.22. The maximum absolute atomic E-state index is 12.7. The normalized spacial score (nSPS) is 16.6. The molecule has 1 saturated heterocycles. The van der Waals surface area contributed by atoms with E-state index in [4.69, 9.17) is 14.5 Å². The summed E-state index contributed by atoms with van der Waals surface area (Å²) in [7, 11) is 0. The monoisotopic (exact) mass is 483 g/mol. The molecule has 2 aliphatic rings. The number of rotatable bonds is 6. The molecule has 0 aliphatic carbocycles. The van der Waals surface area contributed by atoms with Crippen LogP contribution in [0.2, 0.25) is 0 Å². The van der Waals surface area contributed by atoms with Crippen LogP contribution >= 0.6 is 0 Å². The van der Waals surface area contributed by atoms with Gasteiger partial charge in [0.15, 0.2) is 0 Å². The largest absolute Gasteiger partial charge is 0.443 e. The topological polar surface area (TPSA) is 122 Å². The molecule has 11 nitrogen and oxygen atoms in total. The van der Waals surface area contributed by atoms with Crippen LogP contribution in [0.4, 0.5) is 10.6 Å². The zero-order valence-electron chi connectivity index (χ0n) is 20.7. The van der Waals surface area contributed by atoms with Crippen molar-refractivity contribution < 1.29 is 19.1 Å². The first kappa shape index (κ1) is 24.7. The number of nitrogens with one attached hydrogen (secondary N) is 3. The van der Waals surface area contributed by atoms with Gasteiger partial charge < -0.3 is 14.8 Å². The van der Waals surface area contributed by atoms with Gasteiger partial charge in [0.2, 0.25) is 0 Å². The zero-order valence-corrected chi connectivity index (χ0v) is 20.7. The average Bonchev–Trinajstić information content (AvgIpc) is 3.39. The lowest BCUT2D eigenvalue weighted by Gasteiger charge is -2.26. The summed E-state index contributed by atoms with van der Waals surface area (Å²) in [6.45, 7) is 12.1. The van der Waals surface area contributed by atoms with E-state index in [9.17, 15) is 9.59 Å². The zero-order chi connectivity index (χ0) is 25.0. The maximum Gasteiger partial charge on any atom is 0.426 e. The van der Waals surface area contributed by atoms with Crippen LogP contribution in [0, 0.1) is 0 Å². The van der Waals surface area contributed by atoms with Crippen molar-refractivity contribution in [2.45, 2.75) is 39.7 Å². The summed E-state index contributed by atoms with van der Waals surface area (Å²) >= 11 is 0. The van der Waals surface area contributed by atoms with Crippen molar-refractivity contribution in [3.63, 3.8) is 0 Å². The van der Waals surface area contributed by atoms with Gasteiger partial charge in [-0.3, -0.25) is 24.5 Å². The molecule has 0 unspecified atom stereocenters. The van der Waals surface area contributed by atoms with Crippen LogP contribution in [0.1, 0.15) is 50.2 Å². The van der Waals surface area contributed by atoms with Gasteiger partial charge in [-0.2, -0.15) is 0 Å². The van der Waals surface area contributed by atoms with E-state index in [1.807, 2.05) is 17.5 Å². The first-order chi connectivity index (χ1) is 16.7. The van der Waals surface area contributed by atoms with Crippen LogP contribution < -0.4 is 16.2 Å². The van der Waals surface area contributed by atoms with E-state index < -0.39 is 17.6 Å². The summed E-state index contributed by atoms with van der Waals surface area (Å²) < 4.78 is 12.5. The Morgan fingerprint density at radius 1 is 1.17 bits per heavy atom. The lowest BCUT2D eigenvalue weighted by Crippen LogP contribution is -2.44. The summed E-state index contributed by atoms with van der Waals surface area (Å²) in [6.07, 6.45) is 3.57. The van der Waals surface area contributed by atoms with Crippen LogP contribution in [-0.4, -0.2) is 77.5 Å². The van der Waals surface area contributed by atoms with E-state index in [0.29, 0.717) is 24.2 Å². The number of allylic oxidation sites excluding steroid dienone is 2. The molecule has 2 aromatic heterocycles. The van der Waals surface area contributed by atoms with Crippen molar-refractivity contribution in [2.24, 2.45) is 4.99 Å². The quantitative estimate of drug-likeness (QED) is 0.540. The van der Waals surface area contributed by atoms with E-state index in [2.05, 4.69) is 26.1 Å². The number of carbonyl (C=O) groups excluding carboxylic acids is 2. The fourth-order valence-corrected chi connectivity index (χ4v) is 3.97. The highest BCUT2D eigenvalue weighted by Crippen LogP contribution is 2.32. The Morgan fingerprint density at radius 2 is 1.94 bits per heavy atom. The number of aliphatic imine (C=N–C) groups is 1. The van der Waals surface area contributed by atoms with Crippen LogP contribution in [0.5, 0.6) is 0 Å². The summed E-state index contributed by atoms with van der Waals surface area (Å²) in [5.41, 5.74) is 7.90. The first-order valence-corrected chi connectivity index (χ1v) is 11.8. The Balaban J connectivity index is 1.54. The molecule has 11 heteroatoms. The van der Waals surface area contributed by atoms with Gasteiger partial charge in [0, 0.05) is 56.3 Å². The molecule has 4 rings (SSSR count). The average molecular weight is 484 g/mol. The predicted molar refractivity (Wildman–Crippen MR) is 133 cm³/mol. The number of pyridine rings is 1. The summed E-state index contributed by atoms with van der Waals surface area (Å²) in [5, 5.41) is 3.53. The van der Waals surface area contributed by atoms with Crippen LogP contribution in [-0.2, 0) is 9.47 Å². The van der Waals surface area contributed by atoms with Crippen molar-refractivity contribution >= 4 is 35.3 Å². The second-order valence-corrected chi connectivity index (χ2v) is 9.50. The standard InChI is InChI=1S/C24H33N7O4/c1-16-18(7-8-25-16)20-21(26-9-10-30-11-13-34-14-12-30)31-15-17(5-6-19(31)27-20)22(32)28-29-23(33)35-24(2,3)4/h5-6,8,15,26H,7,9-14H2,1-4H3,(H,28,32)(H,29,33). The third-order valence-electron chi connectivity index (χ3n) is 5.68. The fourth-order valence-electron chi connectivity index (χ4n) is 3.97. The molecular weight excluding hydrogens is 450 g/mol. The number of imidazole rings is 1. The summed E-state index contributed by atoms with van der Waals surface area (Å²) in [6, 6.07) is 3.45. The summed E-state index contributed by atoms with van der Waals surface area (Å²) in [5.74, 6) is 0.342. The van der Waals surface area contributed by atoms with E-state index in [1.165, 1.54) is 0 Å². The molecule has 0 atom stereocenters. The number of amides is 2. The van der Waals surface area contributed by atoms with Gasteiger partial charge in [-0.25, -0.2) is 15.2 Å². The van der Waals surface area contributed by atoms with Crippen LogP contribution in [0.15, 0.2) is 29.0 Å². The van der Waals surface area contributed by atoms with Crippen LogP contribution in [0.3, 0.4) is 0 Å². The maximum atomic E-state index is 12.7. The minimum atomic E-state index is -0.731. The third kappa shape index (κ3) is 6.17. The second kappa shape index (κ2) is 10.4. The molecule has 2 amide bonds. The van der Waals surface area contributed by atoms with Gasteiger partial charge in [-0.05, 0) is 39.8 Å². The molecule has 0 bridgehead atoms. The molecule has 1 fully saturated rings. The number of aromatic nitrogens is 2. The lowest BCUT2D eigenvalue weighted by molar-refractivity contribution is 0.0398. The summed E-state index contributed by atoms with van der Waals surface area (Å²) in [4.78, 5) is 36.2. The van der Waals surface area contributed by atoms with Gasteiger partial charge in [-0.15, -0.1) is 0 Å². The minimum absolute atomic E-state index is 0.363. The fraction of sp³-hybridized carbons (Fsp3) is 0.500. The Kier molecular flexibility index (Phi) is 7.37. The number of anilines is 1. The molecule has 4 heterocycles. The Labute approximate surface area is 204 Å². The molecule has 0 radical (unpaired) electrons. The molecular formula is C24H33N7O4. The van der Waals surface area contributed by atoms with Gasteiger partial charge in [0.05, 0.1) is 18.8 Å². The van der Waals surface area contributed by atoms with E-state index >= 15 is 0 Å². The molecule has 2 aromatic rings. The number of carbonyl (C=O) groups is 2. The molecule has 3 N–H and O–H groups in total. The van der Waals surface area contributed by atoms with Crippen molar-refractivity contribution in [3.05, 3.63) is 35.3 Å². The molecule has 2 aliphatic heterocycles. The first-order valence-electron chi connectivity index (χ1n) is 11.8. The Morgan fingerprint density at radius 3 is 2.63 bits per heavy atom. The van der Waals surface area contributed by atoms with Gasteiger partial charge >= 0.3 is 6.09 Å². The molecule has 188 valence electrons. The van der Waals surface area contributed by atoms with E-state index in [-0.39, 0.29) is 0 Å². The van der Waals surface area contributed by atoms with Crippen molar-refractivity contribution in [3.8, 4) is 0 Å². The van der Waals surface area contributed by atoms with Gasteiger partial charge in [0.1, 0.15) is 22.8 Å². The smallest absolute Gasteiger partial charge is 0.426 e. The van der Waals surface area contributed by atoms with Crippen molar-refractivity contribution in [2.75, 3.05) is 44.7 Å². The van der Waals surface area contributed by atoms with Crippen molar-refractivity contribution in [1.29, 1.82) is 0 Å². The number of morpholine rings is 1. The Bertz CT molecular complexity index is 1160. The van der Waals surface area contributed by atoms with Gasteiger partial charge in [-0.1, -0.05) is 0 Å². The number of ether oxygens (including phenoxy) is 2. The molecule has 0 spiro atoms. The number of hydrogen-bond acceptors (Lipinski definition) is 8. The molecule has 35 heavy (non-hydrogen) atoms. The SMILES string of the molecule is CC1=C(c2nc3ccc(C(=O)NNC(=O)OC(C)(C)C)cn3c2NCCN2CCOCC2)CC=N1. The molecule has 0 aromatic carbocycles. The lowest BCUT2D eigenvalue weighted by atomic mass is 10.1. The van der Waals surface area contributed by atoms with E-state index in [1.54, 1.807) is 39.1 Å². The minimum Gasteiger partial charge on any atom is -0.443 e. The number of hydrogen-bond donors (Lipinski definition) is 3. The van der Waals surface area contributed by atoms with Gasteiger partial charge in [0.25, 0.3) is 5.91 Å². The van der Waals surface area contributed by atoms with Crippen molar-refractivity contribution in [1.82, 2.24) is 25.1 Å². The van der Waals surface area contributed by atoms with E-state index in [0.717, 1.165) is 55.6 Å². The third-order valence-corrected chi connectivity index (χ3v) is 5.68. The number of nitrogens with zero attached hydrogens (tertiary/aromatic N) is 4. The molecule has 0 saturated carbocycles. The predicted octanol–water partition coefficient (Wildman–Crippen LogP) is 2.45. The number of fused-ring (bicyclic) bond motifs is 1. The highest BCUT2D eigenvalue weighted by molar-refractivity contribution is 5.95.